The largest absolute Gasteiger partial charge is 0.337 e. The van der Waals surface area contributed by atoms with Crippen molar-refractivity contribution in [2.75, 3.05) is 11.9 Å². The second-order valence-electron chi connectivity index (χ2n) is 6.23. The molecule has 0 N–H and O–H groups in total. The molecule has 0 saturated carbocycles. The highest BCUT2D eigenvalue weighted by Gasteiger charge is 2.33. The van der Waals surface area contributed by atoms with Crippen LogP contribution in [0.3, 0.4) is 0 Å². The molecule has 1 aliphatic heterocycles. The number of fused-ring (bicyclic) bond motifs is 4. The Bertz CT molecular complexity index is 1050. The number of thioether (sulfide) groups is 1. The minimum atomic E-state index is 0.225. The molecule has 1 aliphatic carbocycles. The maximum Gasteiger partial charge on any atom is 0.170 e. The number of Topliss-reactive ketones (excluding diaryl/α,β-unsaturated/α-hetero) is 1. The summed E-state index contributed by atoms with van der Waals surface area (Å²) >= 11 is 1.71. The van der Waals surface area contributed by atoms with Crippen LogP contribution < -0.4 is 4.90 Å². The molecule has 3 aromatic carbocycles. The van der Waals surface area contributed by atoms with Gasteiger partial charge in [-0.05, 0) is 22.6 Å². The normalized spacial score (nSPS) is 19.0. The summed E-state index contributed by atoms with van der Waals surface area (Å²) in [4.78, 5) is 16.1. The highest BCUT2D eigenvalue weighted by Crippen LogP contribution is 2.52. The Morgan fingerprint density at radius 1 is 0.958 bits per heavy atom. The third-order valence-electron chi connectivity index (χ3n) is 4.84. The van der Waals surface area contributed by atoms with Gasteiger partial charge in [-0.25, -0.2) is 0 Å². The molecule has 0 fully saturated rings. The summed E-state index contributed by atoms with van der Waals surface area (Å²) in [5.74, 6) is 0.225. The van der Waals surface area contributed by atoms with Crippen LogP contribution in [0.5, 0.6) is 0 Å². The van der Waals surface area contributed by atoms with Crippen LogP contribution in [0.25, 0.3) is 16.3 Å². The molecule has 0 atom stereocenters. The minimum Gasteiger partial charge on any atom is -0.337 e. The number of allylic oxidation sites excluding steroid dienone is 1. The number of anilines is 1. The number of hydrogen-bond donors (Lipinski definition) is 0. The van der Waals surface area contributed by atoms with Gasteiger partial charge in [0.05, 0.1) is 16.3 Å². The van der Waals surface area contributed by atoms with Gasteiger partial charge in [-0.1, -0.05) is 66.4 Å². The van der Waals surface area contributed by atoms with E-state index in [-0.39, 0.29) is 5.78 Å². The van der Waals surface area contributed by atoms with Crippen LogP contribution in [0.1, 0.15) is 11.1 Å². The van der Waals surface area contributed by atoms with Gasteiger partial charge in [-0.3, -0.25) is 4.79 Å². The zero-order valence-corrected chi connectivity index (χ0v) is 14.1. The Morgan fingerprint density at radius 3 is 2.67 bits per heavy atom. The Morgan fingerprint density at radius 2 is 1.75 bits per heavy atom. The summed E-state index contributed by atoms with van der Waals surface area (Å²) in [5.41, 5.74) is 4.31. The van der Waals surface area contributed by atoms with E-state index in [1.54, 1.807) is 11.8 Å². The van der Waals surface area contributed by atoms with E-state index in [2.05, 4.69) is 60.5 Å². The zero-order chi connectivity index (χ0) is 16.3. The Balaban J connectivity index is 1.75. The zero-order valence-electron chi connectivity index (χ0n) is 13.2. The van der Waals surface area contributed by atoms with Gasteiger partial charge in [-0.2, -0.15) is 0 Å². The van der Waals surface area contributed by atoms with E-state index >= 15 is 0 Å². The van der Waals surface area contributed by atoms with Gasteiger partial charge in [-0.15, -0.1) is 0 Å². The molecule has 3 heteroatoms. The molecule has 3 aromatic rings. The molecule has 116 valence electrons. The first-order valence-corrected chi connectivity index (χ1v) is 8.85. The first-order valence-electron chi connectivity index (χ1n) is 8.03. The monoisotopic (exact) mass is 329 g/mol. The fourth-order valence-corrected chi connectivity index (χ4v) is 4.96. The third kappa shape index (κ3) is 1.82. The summed E-state index contributed by atoms with van der Waals surface area (Å²) in [6, 6.07) is 20.9. The van der Waals surface area contributed by atoms with Gasteiger partial charge < -0.3 is 4.90 Å². The predicted molar refractivity (Wildman–Crippen MR) is 100 cm³/mol. The quantitative estimate of drug-likeness (QED) is 0.549. The summed E-state index contributed by atoms with van der Waals surface area (Å²) in [6.07, 6.45) is 0.514. The minimum absolute atomic E-state index is 0.225. The van der Waals surface area contributed by atoms with Gasteiger partial charge in [0, 0.05) is 23.8 Å². The smallest absolute Gasteiger partial charge is 0.170 e. The van der Waals surface area contributed by atoms with Gasteiger partial charge >= 0.3 is 0 Å². The number of ketones is 1. The third-order valence-corrected chi connectivity index (χ3v) is 6.06. The lowest BCUT2D eigenvalue weighted by atomic mass is 10.1. The van der Waals surface area contributed by atoms with E-state index in [9.17, 15) is 4.79 Å². The molecule has 5 rings (SSSR count). The van der Waals surface area contributed by atoms with Crippen LogP contribution in [-0.4, -0.2) is 12.8 Å². The Labute approximate surface area is 144 Å². The number of carbonyl (C=O) groups excluding carboxylic acids is 1. The van der Waals surface area contributed by atoms with Crippen LogP contribution in [0.2, 0.25) is 0 Å². The van der Waals surface area contributed by atoms with Crippen molar-refractivity contribution in [3.8, 4) is 0 Å². The van der Waals surface area contributed by atoms with E-state index in [1.807, 2.05) is 12.1 Å². The molecule has 2 nitrogen and oxygen atoms in total. The van der Waals surface area contributed by atoms with Crippen molar-refractivity contribution in [2.45, 2.75) is 11.3 Å². The molecule has 0 bridgehead atoms. The number of carbonyl (C=O) groups is 1. The number of hydrogen-bond acceptors (Lipinski definition) is 3. The highest BCUT2D eigenvalue weighted by atomic mass is 32.2. The average Bonchev–Trinajstić information content (AvgIpc) is 3.11. The molecule has 1 heterocycles. The molecular formula is C21H15NOS. The molecule has 0 radical (unpaired) electrons. The topological polar surface area (TPSA) is 20.3 Å². The van der Waals surface area contributed by atoms with Crippen molar-refractivity contribution >= 4 is 39.6 Å². The highest BCUT2D eigenvalue weighted by molar-refractivity contribution is 8.04. The summed E-state index contributed by atoms with van der Waals surface area (Å²) in [5, 5.41) is 3.52. The van der Waals surface area contributed by atoms with Crippen molar-refractivity contribution in [1.29, 1.82) is 0 Å². The molecule has 0 saturated heterocycles. The van der Waals surface area contributed by atoms with E-state index < -0.39 is 0 Å². The van der Waals surface area contributed by atoms with Gasteiger partial charge in [0.2, 0.25) is 0 Å². The SMILES string of the molecule is CN1/C(=C2/C(=O)Cc3ccccc32)Sc2ccc3ccccc3c21. The van der Waals surface area contributed by atoms with Crippen LogP contribution in [0, 0.1) is 0 Å². The molecule has 0 unspecified atom stereocenters. The van der Waals surface area contributed by atoms with Crippen LogP contribution in [0.4, 0.5) is 5.69 Å². The Kier molecular flexibility index (Phi) is 2.88. The Hall–Kier alpha value is -2.52. The fraction of sp³-hybridized carbons (Fsp3) is 0.0952. The first kappa shape index (κ1) is 13.9. The van der Waals surface area contributed by atoms with Crippen molar-refractivity contribution in [2.24, 2.45) is 0 Å². The van der Waals surface area contributed by atoms with Crippen LogP contribution >= 0.6 is 11.8 Å². The fourth-order valence-electron chi connectivity index (χ4n) is 3.72. The second-order valence-corrected chi connectivity index (χ2v) is 7.26. The molecule has 0 spiro atoms. The number of benzene rings is 3. The lowest BCUT2D eigenvalue weighted by molar-refractivity contribution is -0.112. The van der Waals surface area contributed by atoms with E-state index in [1.165, 1.54) is 21.4 Å². The molecule has 0 aromatic heterocycles. The molecule has 0 amide bonds. The van der Waals surface area contributed by atoms with E-state index in [0.29, 0.717) is 6.42 Å². The molecule has 2 aliphatic rings. The average molecular weight is 329 g/mol. The predicted octanol–water partition coefficient (Wildman–Crippen LogP) is 4.88. The van der Waals surface area contributed by atoms with Crippen LogP contribution in [-0.2, 0) is 11.2 Å². The van der Waals surface area contributed by atoms with Gasteiger partial charge in [0.15, 0.2) is 5.78 Å². The molecule has 24 heavy (non-hydrogen) atoms. The van der Waals surface area contributed by atoms with E-state index in [4.69, 9.17) is 0 Å². The van der Waals surface area contributed by atoms with Crippen molar-refractivity contribution in [3.05, 3.63) is 76.8 Å². The second kappa shape index (κ2) is 4.99. The standard InChI is InChI=1S/C21H15NOS/c1-22-20-16-9-5-2-6-13(16)10-11-18(20)24-21(22)19-15-8-4-3-7-14(15)12-17(19)23/h2-11H,12H2,1H3/b21-19-. The molecular weight excluding hydrogens is 314 g/mol. The first-order chi connectivity index (χ1) is 11.7. The van der Waals surface area contributed by atoms with Crippen molar-refractivity contribution in [3.63, 3.8) is 0 Å². The summed E-state index contributed by atoms with van der Waals surface area (Å²) < 4.78 is 0. The summed E-state index contributed by atoms with van der Waals surface area (Å²) in [6.45, 7) is 0. The van der Waals surface area contributed by atoms with Crippen molar-refractivity contribution < 1.29 is 4.79 Å². The number of nitrogens with zero attached hydrogens (tertiary/aromatic N) is 1. The lowest BCUT2D eigenvalue weighted by Crippen LogP contribution is -2.13. The van der Waals surface area contributed by atoms with E-state index in [0.717, 1.165) is 21.7 Å². The lowest BCUT2D eigenvalue weighted by Gasteiger charge is -2.17. The maximum atomic E-state index is 12.7. The van der Waals surface area contributed by atoms with Gasteiger partial charge in [0.1, 0.15) is 0 Å². The summed E-state index contributed by atoms with van der Waals surface area (Å²) in [7, 11) is 2.07. The van der Waals surface area contributed by atoms with Crippen molar-refractivity contribution in [1.82, 2.24) is 0 Å². The van der Waals surface area contributed by atoms with Crippen LogP contribution in [0.15, 0.2) is 70.6 Å². The van der Waals surface area contributed by atoms with Gasteiger partial charge in [0.25, 0.3) is 0 Å². The number of rotatable bonds is 0. The maximum absolute atomic E-state index is 12.7.